The van der Waals surface area contributed by atoms with Crippen molar-refractivity contribution in [2.75, 3.05) is 0 Å². The van der Waals surface area contributed by atoms with Gasteiger partial charge in [-0.2, -0.15) is 13.2 Å². The number of aliphatic hydroxyl groups is 1. The number of rotatable bonds is 4. The molecular formula is C19H17F3N4O. The number of imidazole rings is 2. The minimum absolute atomic E-state index is 0.135. The van der Waals surface area contributed by atoms with E-state index >= 15 is 0 Å². The fourth-order valence-electron chi connectivity index (χ4n) is 3.38. The third kappa shape index (κ3) is 3.16. The fraction of sp³-hybridized carbons (Fsp3) is 0.263. The number of para-hydroxylation sites is 4. The summed E-state index contributed by atoms with van der Waals surface area (Å²) in [5.74, 6) is -0.309. The lowest BCUT2D eigenvalue weighted by atomic mass is 10.2. The second-order valence-electron chi connectivity index (χ2n) is 6.44. The molecule has 0 radical (unpaired) electrons. The Kier molecular flexibility index (Phi) is 4.15. The van der Waals surface area contributed by atoms with Crippen LogP contribution in [0.3, 0.4) is 0 Å². The molecule has 0 aliphatic rings. The van der Waals surface area contributed by atoms with Gasteiger partial charge in [0.05, 0.1) is 41.3 Å². The molecule has 0 saturated heterocycles. The molecule has 1 N–H and O–H groups in total. The first kappa shape index (κ1) is 17.5. The predicted molar refractivity (Wildman–Crippen MR) is 95.2 cm³/mol. The molecule has 2 aromatic heterocycles. The van der Waals surface area contributed by atoms with E-state index in [-0.39, 0.29) is 18.6 Å². The Labute approximate surface area is 152 Å². The van der Waals surface area contributed by atoms with Gasteiger partial charge in [0.2, 0.25) is 5.82 Å². The SMILES string of the molecule is Cc1nc2ccccc2n1C[C@H](O)Cn1c(C(F)(F)F)nc2ccccc21. The quantitative estimate of drug-likeness (QED) is 0.592. The van der Waals surface area contributed by atoms with Crippen LogP contribution in [0.25, 0.3) is 22.1 Å². The molecule has 0 saturated carbocycles. The van der Waals surface area contributed by atoms with E-state index < -0.39 is 18.1 Å². The second-order valence-corrected chi connectivity index (χ2v) is 6.44. The first-order valence-corrected chi connectivity index (χ1v) is 8.47. The molecule has 0 unspecified atom stereocenters. The van der Waals surface area contributed by atoms with Crippen molar-refractivity contribution < 1.29 is 18.3 Å². The summed E-state index contributed by atoms with van der Waals surface area (Å²) >= 11 is 0. The van der Waals surface area contributed by atoms with Gasteiger partial charge in [-0.05, 0) is 31.2 Å². The molecule has 140 valence electrons. The van der Waals surface area contributed by atoms with E-state index in [0.29, 0.717) is 11.3 Å². The minimum Gasteiger partial charge on any atom is -0.389 e. The minimum atomic E-state index is -4.60. The van der Waals surface area contributed by atoms with Crippen molar-refractivity contribution >= 4 is 22.1 Å². The Morgan fingerprint density at radius 1 is 0.889 bits per heavy atom. The van der Waals surface area contributed by atoms with Crippen molar-refractivity contribution in [3.63, 3.8) is 0 Å². The summed E-state index contributed by atoms with van der Waals surface area (Å²) < 4.78 is 43.1. The van der Waals surface area contributed by atoms with Crippen LogP contribution in [-0.4, -0.2) is 30.3 Å². The third-order valence-electron chi connectivity index (χ3n) is 4.54. The zero-order valence-electron chi connectivity index (χ0n) is 14.5. The van der Waals surface area contributed by atoms with Crippen LogP contribution >= 0.6 is 0 Å². The largest absolute Gasteiger partial charge is 0.449 e. The van der Waals surface area contributed by atoms with Crippen molar-refractivity contribution in [2.45, 2.75) is 32.3 Å². The van der Waals surface area contributed by atoms with E-state index in [1.165, 1.54) is 6.07 Å². The van der Waals surface area contributed by atoms with Crippen molar-refractivity contribution in [2.24, 2.45) is 0 Å². The average Bonchev–Trinajstić information content (AvgIpc) is 3.14. The maximum atomic E-state index is 13.4. The Hall–Kier alpha value is -2.87. The summed E-state index contributed by atoms with van der Waals surface area (Å²) in [6.45, 7) is 1.72. The number of aliphatic hydroxyl groups excluding tert-OH is 1. The molecule has 1 atom stereocenters. The van der Waals surface area contributed by atoms with Crippen molar-refractivity contribution in [1.82, 2.24) is 19.1 Å². The van der Waals surface area contributed by atoms with Gasteiger partial charge in [0.15, 0.2) is 0 Å². The molecule has 0 aliphatic carbocycles. The van der Waals surface area contributed by atoms with E-state index in [0.717, 1.165) is 15.6 Å². The summed E-state index contributed by atoms with van der Waals surface area (Å²) in [5, 5.41) is 10.6. The monoisotopic (exact) mass is 374 g/mol. The predicted octanol–water partition coefficient (Wildman–Crippen LogP) is 3.77. The molecule has 0 amide bonds. The number of halogens is 3. The molecule has 0 fully saturated rings. The summed E-state index contributed by atoms with van der Waals surface area (Å²) in [7, 11) is 0. The molecule has 8 heteroatoms. The number of fused-ring (bicyclic) bond motifs is 2. The zero-order chi connectivity index (χ0) is 19.2. The first-order chi connectivity index (χ1) is 12.8. The molecule has 4 aromatic rings. The maximum absolute atomic E-state index is 13.4. The van der Waals surface area contributed by atoms with Crippen LogP contribution in [0, 0.1) is 6.92 Å². The smallest absolute Gasteiger partial charge is 0.389 e. The number of hydrogen-bond donors (Lipinski definition) is 1. The summed E-state index contributed by atoms with van der Waals surface area (Å²) in [5.41, 5.74) is 2.21. The summed E-state index contributed by atoms with van der Waals surface area (Å²) in [6, 6.07) is 13.8. The van der Waals surface area contributed by atoms with Gasteiger partial charge in [-0.3, -0.25) is 0 Å². The van der Waals surface area contributed by atoms with Crippen LogP contribution < -0.4 is 0 Å². The second kappa shape index (κ2) is 6.38. The molecule has 0 bridgehead atoms. The number of benzene rings is 2. The molecule has 0 aliphatic heterocycles. The number of aromatic nitrogens is 4. The van der Waals surface area contributed by atoms with Crippen molar-refractivity contribution in [1.29, 1.82) is 0 Å². The summed E-state index contributed by atoms with van der Waals surface area (Å²) in [6.07, 6.45) is -5.64. The number of nitrogens with zero attached hydrogens (tertiary/aromatic N) is 4. The van der Waals surface area contributed by atoms with Gasteiger partial charge >= 0.3 is 6.18 Å². The molecule has 2 aromatic carbocycles. The molecule has 5 nitrogen and oxygen atoms in total. The highest BCUT2D eigenvalue weighted by atomic mass is 19.4. The Balaban J connectivity index is 1.69. The van der Waals surface area contributed by atoms with E-state index in [4.69, 9.17) is 0 Å². The lowest BCUT2D eigenvalue weighted by Gasteiger charge is -2.17. The van der Waals surface area contributed by atoms with Crippen LogP contribution in [0.15, 0.2) is 48.5 Å². The van der Waals surface area contributed by atoms with Crippen LogP contribution in [0.2, 0.25) is 0 Å². The van der Waals surface area contributed by atoms with Gasteiger partial charge in [-0.1, -0.05) is 24.3 Å². The lowest BCUT2D eigenvalue weighted by molar-refractivity contribution is -0.147. The van der Waals surface area contributed by atoms with E-state index in [9.17, 15) is 18.3 Å². The first-order valence-electron chi connectivity index (χ1n) is 8.47. The number of alkyl halides is 3. The molecular weight excluding hydrogens is 357 g/mol. The highest BCUT2D eigenvalue weighted by Gasteiger charge is 2.38. The Morgan fingerprint density at radius 3 is 2.04 bits per heavy atom. The third-order valence-corrected chi connectivity index (χ3v) is 4.54. The van der Waals surface area contributed by atoms with Gasteiger partial charge < -0.3 is 14.2 Å². The summed E-state index contributed by atoms with van der Waals surface area (Å²) in [4.78, 5) is 8.13. The van der Waals surface area contributed by atoms with Crippen LogP contribution in [0.4, 0.5) is 13.2 Å². The van der Waals surface area contributed by atoms with Gasteiger partial charge in [-0.15, -0.1) is 0 Å². The zero-order valence-corrected chi connectivity index (χ0v) is 14.5. The number of aryl methyl sites for hydroxylation is 1. The van der Waals surface area contributed by atoms with E-state index in [1.54, 1.807) is 25.1 Å². The number of hydrogen-bond acceptors (Lipinski definition) is 3. The Morgan fingerprint density at radius 2 is 1.41 bits per heavy atom. The Bertz CT molecular complexity index is 1110. The maximum Gasteiger partial charge on any atom is 0.449 e. The van der Waals surface area contributed by atoms with Gasteiger partial charge in [0.1, 0.15) is 5.82 Å². The van der Waals surface area contributed by atoms with E-state index in [1.807, 2.05) is 28.8 Å². The van der Waals surface area contributed by atoms with Crippen LogP contribution in [-0.2, 0) is 19.3 Å². The fourth-order valence-corrected chi connectivity index (χ4v) is 3.38. The lowest BCUT2D eigenvalue weighted by Crippen LogP contribution is -2.26. The normalized spacial score (nSPS) is 13.5. The molecule has 4 rings (SSSR count). The highest BCUT2D eigenvalue weighted by molar-refractivity contribution is 5.76. The molecule has 2 heterocycles. The standard InChI is InChI=1S/C19H17F3N4O/c1-12-23-14-6-2-4-8-16(14)25(12)10-13(27)11-26-17-9-5-3-7-15(17)24-18(26)19(20,21)22/h2-9,13,27H,10-11H2,1H3/t13-/m0/s1. The topological polar surface area (TPSA) is 55.9 Å². The van der Waals surface area contributed by atoms with Crippen LogP contribution in [0.5, 0.6) is 0 Å². The highest BCUT2D eigenvalue weighted by Crippen LogP contribution is 2.31. The molecule has 27 heavy (non-hydrogen) atoms. The average molecular weight is 374 g/mol. The van der Waals surface area contributed by atoms with Gasteiger partial charge in [0, 0.05) is 0 Å². The van der Waals surface area contributed by atoms with Crippen LogP contribution in [0.1, 0.15) is 11.6 Å². The van der Waals surface area contributed by atoms with Gasteiger partial charge in [-0.25, -0.2) is 9.97 Å². The molecule has 0 spiro atoms. The van der Waals surface area contributed by atoms with Crippen molar-refractivity contribution in [3.05, 3.63) is 60.2 Å². The van der Waals surface area contributed by atoms with Gasteiger partial charge in [0.25, 0.3) is 0 Å². The van der Waals surface area contributed by atoms with Crippen molar-refractivity contribution in [3.8, 4) is 0 Å². The van der Waals surface area contributed by atoms with E-state index in [2.05, 4.69) is 9.97 Å².